The molecule has 74 valence electrons. The van der Waals surface area contributed by atoms with E-state index in [4.69, 9.17) is 0 Å². The monoisotopic (exact) mass is 185 g/mol. The van der Waals surface area contributed by atoms with E-state index < -0.39 is 12.8 Å². The van der Waals surface area contributed by atoms with Crippen LogP contribution < -0.4 is 5.48 Å². The van der Waals surface area contributed by atoms with Gasteiger partial charge in [-0.15, -0.1) is 0 Å². The van der Waals surface area contributed by atoms with Gasteiger partial charge in [0.1, 0.15) is 0 Å². The molecule has 0 aliphatic carbocycles. The molecule has 0 unspecified atom stereocenters. The van der Waals surface area contributed by atoms with Crippen molar-refractivity contribution in [3.05, 3.63) is 0 Å². The summed E-state index contributed by atoms with van der Waals surface area (Å²) in [6.45, 7) is 4.84. The standard InChI is InChI=1S/C7H14F3NO/c1-6(2,3)4-11-12-5-7(8,9)10/h11H,4-5H2,1-3H3. The second kappa shape index (κ2) is 4.09. The lowest BCUT2D eigenvalue weighted by Gasteiger charge is -2.18. The first-order valence-corrected chi connectivity index (χ1v) is 3.62. The Bertz CT molecular complexity index is 112. The summed E-state index contributed by atoms with van der Waals surface area (Å²) in [6.07, 6.45) is -4.26. The van der Waals surface area contributed by atoms with Crippen LogP contribution in [-0.2, 0) is 4.84 Å². The Labute approximate surface area is 70.0 Å². The van der Waals surface area contributed by atoms with E-state index in [0.29, 0.717) is 6.54 Å². The summed E-state index contributed by atoms with van der Waals surface area (Å²) in [6, 6.07) is 0. The highest BCUT2D eigenvalue weighted by Crippen LogP contribution is 2.14. The third-order valence-corrected chi connectivity index (χ3v) is 0.940. The van der Waals surface area contributed by atoms with E-state index in [9.17, 15) is 13.2 Å². The van der Waals surface area contributed by atoms with Gasteiger partial charge in [0.05, 0.1) is 0 Å². The molecule has 0 rings (SSSR count). The van der Waals surface area contributed by atoms with Crippen molar-refractivity contribution >= 4 is 0 Å². The molecule has 0 aliphatic rings. The average Bonchev–Trinajstić information content (AvgIpc) is 1.76. The van der Waals surface area contributed by atoms with E-state index in [0.717, 1.165) is 0 Å². The maximum atomic E-state index is 11.5. The van der Waals surface area contributed by atoms with Gasteiger partial charge < -0.3 is 0 Å². The van der Waals surface area contributed by atoms with Gasteiger partial charge >= 0.3 is 6.18 Å². The minimum Gasteiger partial charge on any atom is -0.292 e. The first-order valence-electron chi connectivity index (χ1n) is 3.62. The van der Waals surface area contributed by atoms with Crippen LogP contribution in [0.2, 0.25) is 0 Å². The molecule has 0 aromatic carbocycles. The second-order valence-electron chi connectivity index (χ2n) is 3.79. The predicted octanol–water partition coefficient (Wildman–Crippen LogP) is 2.12. The minimum absolute atomic E-state index is 0.0778. The number of hydrogen-bond donors (Lipinski definition) is 1. The van der Waals surface area contributed by atoms with Gasteiger partial charge in [0.25, 0.3) is 0 Å². The lowest BCUT2D eigenvalue weighted by molar-refractivity contribution is -0.191. The number of nitrogens with one attached hydrogen (secondary N) is 1. The van der Waals surface area contributed by atoms with E-state index in [2.05, 4.69) is 10.3 Å². The molecule has 5 heteroatoms. The fraction of sp³-hybridized carbons (Fsp3) is 1.00. The molecule has 2 nitrogen and oxygen atoms in total. The Morgan fingerprint density at radius 2 is 1.67 bits per heavy atom. The Morgan fingerprint density at radius 1 is 1.17 bits per heavy atom. The van der Waals surface area contributed by atoms with Crippen LogP contribution in [0.4, 0.5) is 13.2 Å². The molecule has 0 bridgehead atoms. The van der Waals surface area contributed by atoms with Crippen LogP contribution in [0.25, 0.3) is 0 Å². The van der Waals surface area contributed by atoms with Crippen molar-refractivity contribution in [1.82, 2.24) is 5.48 Å². The number of halogens is 3. The largest absolute Gasteiger partial charge is 0.413 e. The van der Waals surface area contributed by atoms with Gasteiger partial charge in [0, 0.05) is 6.54 Å². The molecule has 0 heterocycles. The second-order valence-corrected chi connectivity index (χ2v) is 3.79. The van der Waals surface area contributed by atoms with E-state index in [-0.39, 0.29) is 5.41 Å². The molecule has 0 saturated carbocycles. The molecule has 0 radical (unpaired) electrons. The Morgan fingerprint density at radius 3 is 2.00 bits per heavy atom. The fourth-order valence-corrected chi connectivity index (χ4v) is 0.400. The quantitative estimate of drug-likeness (QED) is 0.537. The van der Waals surface area contributed by atoms with Crippen LogP contribution in [0.15, 0.2) is 0 Å². The summed E-state index contributed by atoms with van der Waals surface area (Å²) in [5.41, 5.74) is 2.18. The zero-order valence-corrected chi connectivity index (χ0v) is 7.46. The van der Waals surface area contributed by atoms with Crippen LogP contribution in [0, 0.1) is 5.41 Å². The molecule has 0 amide bonds. The molecule has 1 N–H and O–H groups in total. The number of hydroxylamine groups is 1. The predicted molar refractivity (Wildman–Crippen MR) is 39.5 cm³/mol. The van der Waals surface area contributed by atoms with E-state index in [1.807, 2.05) is 20.8 Å². The van der Waals surface area contributed by atoms with Crippen LogP contribution in [0.5, 0.6) is 0 Å². The van der Waals surface area contributed by atoms with Crippen LogP contribution in [0.3, 0.4) is 0 Å². The normalized spacial score (nSPS) is 13.5. The highest BCUT2D eigenvalue weighted by atomic mass is 19.4. The topological polar surface area (TPSA) is 21.3 Å². The molecule has 0 saturated heterocycles. The number of alkyl halides is 3. The molecular formula is C7H14F3NO. The van der Waals surface area contributed by atoms with Gasteiger partial charge in [-0.3, -0.25) is 4.84 Å². The zero-order chi connectivity index (χ0) is 9.83. The molecule has 0 fully saturated rings. The van der Waals surface area contributed by atoms with E-state index in [1.54, 1.807) is 0 Å². The summed E-state index contributed by atoms with van der Waals surface area (Å²) in [4.78, 5) is 4.20. The molecular weight excluding hydrogens is 171 g/mol. The molecule has 0 aromatic rings. The third-order valence-electron chi connectivity index (χ3n) is 0.940. The van der Waals surface area contributed by atoms with E-state index in [1.165, 1.54) is 0 Å². The van der Waals surface area contributed by atoms with Crippen molar-refractivity contribution in [2.75, 3.05) is 13.2 Å². The first-order chi connectivity index (χ1) is 5.21. The summed E-state index contributed by atoms with van der Waals surface area (Å²) < 4.78 is 34.5. The van der Waals surface area contributed by atoms with Crippen molar-refractivity contribution in [3.8, 4) is 0 Å². The van der Waals surface area contributed by atoms with Crippen molar-refractivity contribution in [3.63, 3.8) is 0 Å². The summed E-state index contributed by atoms with van der Waals surface area (Å²) in [5, 5.41) is 0. The lowest BCUT2D eigenvalue weighted by Crippen LogP contribution is -2.31. The smallest absolute Gasteiger partial charge is 0.292 e. The number of rotatable bonds is 3. The molecule has 0 aliphatic heterocycles. The summed E-state index contributed by atoms with van der Waals surface area (Å²) in [5.74, 6) is 0. The van der Waals surface area contributed by atoms with Crippen molar-refractivity contribution in [2.45, 2.75) is 26.9 Å². The van der Waals surface area contributed by atoms with E-state index >= 15 is 0 Å². The zero-order valence-electron chi connectivity index (χ0n) is 7.46. The van der Waals surface area contributed by atoms with Crippen molar-refractivity contribution in [1.29, 1.82) is 0 Å². The highest BCUT2D eigenvalue weighted by Gasteiger charge is 2.27. The Balaban J connectivity index is 3.35. The number of hydrogen-bond acceptors (Lipinski definition) is 2. The van der Waals surface area contributed by atoms with Crippen LogP contribution in [-0.4, -0.2) is 19.3 Å². The lowest BCUT2D eigenvalue weighted by atomic mass is 9.98. The fourth-order valence-electron chi connectivity index (χ4n) is 0.400. The Kier molecular flexibility index (Phi) is 3.99. The molecule has 0 aromatic heterocycles. The highest BCUT2D eigenvalue weighted by molar-refractivity contribution is 4.61. The van der Waals surface area contributed by atoms with Crippen molar-refractivity contribution in [2.24, 2.45) is 5.41 Å². The molecule has 0 spiro atoms. The van der Waals surface area contributed by atoms with Gasteiger partial charge in [0.15, 0.2) is 6.61 Å². The average molecular weight is 185 g/mol. The maximum absolute atomic E-state index is 11.5. The van der Waals surface area contributed by atoms with Gasteiger partial charge in [0.2, 0.25) is 0 Å². The van der Waals surface area contributed by atoms with Crippen LogP contribution >= 0.6 is 0 Å². The van der Waals surface area contributed by atoms with Gasteiger partial charge in [-0.05, 0) is 5.41 Å². The van der Waals surface area contributed by atoms with Crippen LogP contribution in [0.1, 0.15) is 20.8 Å². The van der Waals surface area contributed by atoms with Gasteiger partial charge in [-0.25, -0.2) is 5.48 Å². The summed E-state index contributed by atoms with van der Waals surface area (Å²) in [7, 11) is 0. The molecule has 0 atom stereocenters. The Hall–Kier alpha value is -0.290. The minimum atomic E-state index is -4.26. The summed E-state index contributed by atoms with van der Waals surface area (Å²) >= 11 is 0. The SMILES string of the molecule is CC(C)(C)CNOCC(F)(F)F. The molecule has 12 heavy (non-hydrogen) atoms. The first kappa shape index (κ1) is 11.7. The van der Waals surface area contributed by atoms with Crippen molar-refractivity contribution < 1.29 is 18.0 Å². The third kappa shape index (κ3) is 9.71. The maximum Gasteiger partial charge on any atom is 0.413 e. The van der Waals surface area contributed by atoms with Gasteiger partial charge in [-0.1, -0.05) is 20.8 Å². The van der Waals surface area contributed by atoms with Gasteiger partial charge in [-0.2, -0.15) is 13.2 Å².